The molecule has 0 aliphatic carbocycles. The maximum atomic E-state index is 13.1. The van der Waals surface area contributed by atoms with Gasteiger partial charge in [0.1, 0.15) is 4.21 Å². The molecule has 1 amide bonds. The highest BCUT2D eigenvalue weighted by molar-refractivity contribution is 8.19. The standard InChI is InChI=1S/C25H29ClN2O5S3/c1-4-6-7-8-9-15-33-20-16-18(10-11-19(20)32-3)17-21-24(29)28(14-5-2)25(34-21)27-36(30,31)23-13-12-22(26)35-23/h5,10-13,16-17H,2,4,6-9,14-15H2,1,3H3. The minimum absolute atomic E-state index is 0.00988. The molecule has 0 bridgehead atoms. The molecule has 1 aromatic heterocycles. The molecule has 0 atom stereocenters. The third-order valence-electron chi connectivity index (χ3n) is 5.19. The van der Waals surface area contributed by atoms with Crippen molar-refractivity contribution in [3.8, 4) is 11.5 Å². The van der Waals surface area contributed by atoms with Gasteiger partial charge in [0.15, 0.2) is 16.7 Å². The number of ether oxygens (including phenoxy) is 2. The molecule has 0 radical (unpaired) electrons. The molecule has 1 saturated heterocycles. The number of hydrogen-bond acceptors (Lipinski definition) is 7. The Bertz CT molecular complexity index is 1250. The van der Waals surface area contributed by atoms with Gasteiger partial charge in [-0.05, 0) is 54.1 Å². The van der Waals surface area contributed by atoms with Crippen LogP contribution in [0.2, 0.25) is 4.34 Å². The van der Waals surface area contributed by atoms with E-state index in [9.17, 15) is 13.2 Å². The highest BCUT2D eigenvalue weighted by Crippen LogP contribution is 2.36. The zero-order chi connectivity index (χ0) is 26.1. The van der Waals surface area contributed by atoms with Crippen LogP contribution in [0.25, 0.3) is 6.08 Å². The number of methoxy groups -OCH3 is 1. The molecule has 0 saturated carbocycles. The van der Waals surface area contributed by atoms with Crippen LogP contribution >= 0.6 is 34.7 Å². The Morgan fingerprint density at radius 3 is 2.58 bits per heavy atom. The number of unbranched alkanes of at least 4 members (excludes halogenated alkanes) is 4. The predicted molar refractivity (Wildman–Crippen MR) is 149 cm³/mol. The molecule has 7 nitrogen and oxygen atoms in total. The summed E-state index contributed by atoms with van der Waals surface area (Å²) < 4.78 is 41.2. The van der Waals surface area contributed by atoms with E-state index in [0.29, 0.717) is 27.3 Å². The molecule has 1 aromatic carbocycles. The highest BCUT2D eigenvalue weighted by Gasteiger charge is 2.34. The van der Waals surface area contributed by atoms with Gasteiger partial charge in [0.2, 0.25) is 0 Å². The summed E-state index contributed by atoms with van der Waals surface area (Å²) in [5.74, 6) is 0.839. The Morgan fingerprint density at radius 2 is 1.92 bits per heavy atom. The Kier molecular flexibility index (Phi) is 10.5. The van der Waals surface area contributed by atoms with Gasteiger partial charge in [0, 0.05) is 6.54 Å². The summed E-state index contributed by atoms with van der Waals surface area (Å²) in [7, 11) is -2.44. The molecule has 2 aromatic rings. The first kappa shape index (κ1) is 28.3. The Morgan fingerprint density at radius 1 is 1.14 bits per heavy atom. The maximum absolute atomic E-state index is 13.1. The summed E-state index contributed by atoms with van der Waals surface area (Å²) in [6.07, 6.45) is 8.85. The molecule has 1 fully saturated rings. The summed E-state index contributed by atoms with van der Waals surface area (Å²) in [6, 6.07) is 8.29. The molecule has 11 heteroatoms. The molecule has 0 N–H and O–H groups in total. The monoisotopic (exact) mass is 568 g/mol. The van der Waals surface area contributed by atoms with Crippen molar-refractivity contribution in [3.05, 3.63) is 57.8 Å². The number of sulfonamides is 1. The number of amides is 1. The summed E-state index contributed by atoms with van der Waals surface area (Å²) >= 11 is 7.79. The highest BCUT2D eigenvalue weighted by atomic mass is 35.5. The molecule has 0 unspecified atom stereocenters. The van der Waals surface area contributed by atoms with Crippen LogP contribution in [0.1, 0.15) is 44.6 Å². The van der Waals surface area contributed by atoms with Gasteiger partial charge >= 0.3 is 0 Å². The first-order valence-corrected chi connectivity index (χ1v) is 15.0. The van der Waals surface area contributed by atoms with E-state index in [-0.39, 0.29) is 21.8 Å². The SMILES string of the molecule is C=CCN1C(=O)C(=Cc2ccc(OC)c(OCCCCCCC)c2)SC1=NS(=O)(=O)c1ccc(Cl)s1. The second kappa shape index (κ2) is 13.3. The van der Waals surface area contributed by atoms with Gasteiger partial charge in [-0.3, -0.25) is 9.69 Å². The number of thiophene rings is 1. The van der Waals surface area contributed by atoms with Crippen LogP contribution in [-0.2, 0) is 14.8 Å². The van der Waals surface area contributed by atoms with E-state index in [4.69, 9.17) is 21.1 Å². The lowest BCUT2D eigenvalue weighted by Crippen LogP contribution is -2.29. The second-order valence-corrected chi connectivity index (χ2v) is 12.5. The predicted octanol–water partition coefficient (Wildman–Crippen LogP) is 6.61. The number of benzene rings is 1. The summed E-state index contributed by atoms with van der Waals surface area (Å²) in [4.78, 5) is 14.7. The van der Waals surface area contributed by atoms with Crippen LogP contribution < -0.4 is 9.47 Å². The molecule has 0 spiro atoms. The average molecular weight is 569 g/mol. The van der Waals surface area contributed by atoms with Crippen LogP contribution in [0.5, 0.6) is 11.5 Å². The summed E-state index contributed by atoms with van der Waals surface area (Å²) in [5, 5.41) is 0.0627. The van der Waals surface area contributed by atoms with Crippen molar-refractivity contribution in [1.82, 2.24) is 4.90 Å². The maximum Gasteiger partial charge on any atom is 0.294 e. The van der Waals surface area contributed by atoms with Gasteiger partial charge < -0.3 is 9.47 Å². The van der Waals surface area contributed by atoms with Gasteiger partial charge in [-0.25, -0.2) is 0 Å². The minimum Gasteiger partial charge on any atom is -0.493 e. The quantitative estimate of drug-likeness (QED) is 0.154. The molecule has 194 valence electrons. The lowest BCUT2D eigenvalue weighted by atomic mass is 10.1. The zero-order valence-electron chi connectivity index (χ0n) is 20.2. The van der Waals surface area contributed by atoms with Crippen LogP contribution in [0.15, 0.2) is 56.5 Å². The number of thioether (sulfide) groups is 1. The Hall–Kier alpha value is -2.27. The van der Waals surface area contributed by atoms with Gasteiger partial charge in [0.05, 0.1) is 23.0 Å². The van der Waals surface area contributed by atoms with Crippen LogP contribution in [0.4, 0.5) is 0 Å². The van der Waals surface area contributed by atoms with Gasteiger partial charge in [-0.1, -0.05) is 56.4 Å². The number of carbonyl (C=O) groups excluding carboxylic acids is 1. The Balaban J connectivity index is 1.83. The first-order valence-electron chi connectivity index (χ1n) is 11.5. The van der Waals surface area contributed by atoms with E-state index >= 15 is 0 Å². The van der Waals surface area contributed by atoms with Crippen molar-refractivity contribution in [3.63, 3.8) is 0 Å². The van der Waals surface area contributed by atoms with Crippen molar-refractivity contribution in [2.24, 2.45) is 4.40 Å². The molecule has 36 heavy (non-hydrogen) atoms. The lowest BCUT2D eigenvalue weighted by molar-refractivity contribution is -0.121. The number of hydrogen-bond donors (Lipinski definition) is 0. The van der Waals surface area contributed by atoms with Crippen LogP contribution in [-0.4, -0.2) is 44.7 Å². The van der Waals surface area contributed by atoms with Crippen molar-refractivity contribution in [1.29, 1.82) is 0 Å². The summed E-state index contributed by atoms with van der Waals surface area (Å²) in [6.45, 7) is 6.54. The number of nitrogens with zero attached hydrogens (tertiary/aromatic N) is 2. The van der Waals surface area contributed by atoms with Crippen molar-refractivity contribution < 1.29 is 22.7 Å². The van der Waals surface area contributed by atoms with Gasteiger partial charge in [0.25, 0.3) is 15.9 Å². The molecule has 1 aliphatic heterocycles. The summed E-state index contributed by atoms with van der Waals surface area (Å²) in [5.41, 5.74) is 0.723. The number of carbonyl (C=O) groups is 1. The largest absolute Gasteiger partial charge is 0.493 e. The first-order chi connectivity index (χ1) is 17.3. The van der Waals surface area contributed by atoms with Crippen molar-refractivity contribution in [2.75, 3.05) is 20.3 Å². The lowest BCUT2D eigenvalue weighted by Gasteiger charge is -2.12. The molecule has 3 rings (SSSR count). The van der Waals surface area contributed by atoms with Crippen LogP contribution in [0, 0.1) is 0 Å². The third-order valence-corrected chi connectivity index (χ3v) is 9.28. The van der Waals surface area contributed by atoms with E-state index in [1.54, 1.807) is 19.3 Å². The number of amidine groups is 1. The van der Waals surface area contributed by atoms with E-state index in [1.807, 2.05) is 12.1 Å². The fourth-order valence-corrected chi connectivity index (χ4v) is 7.04. The molecular weight excluding hydrogens is 540 g/mol. The minimum atomic E-state index is -4.02. The molecule has 1 aliphatic rings. The molecular formula is C25H29ClN2O5S3. The van der Waals surface area contributed by atoms with Crippen molar-refractivity contribution in [2.45, 2.75) is 43.2 Å². The second-order valence-electron chi connectivity index (χ2n) is 7.90. The normalized spacial score (nSPS) is 16.2. The van der Waals surface area contributed by atoms with E-state index in [1.165, 1.54) is 42.4 Å². The third kappa shape index (κ3) is 7.38. The van der Waals surface area contributed by atoms with E-state index in [2.05, 4.69) is 17.9 Å². The fraction of sp³-hybridized carbons (Fsp3) is 0.360. The van der Waals surface area contributed by atoms with Crippen LogP contribution in [0.3, 0.4) is 0 Å². The van der Waals surface area contributed by atoms with Gasteiger partial charge in [-0.2, -0.15) is 8.42 Å². The molecule has 2 heterocycles. The fourth-order valence-electron chi connectivity index (χ4n) is 3.39. The Labute approximate surface area is 225 Å². The van der Waals surface area contributed by atoms with E-state index in [0.717, 1.165) is 41.5 Å². The van der Waals surface area contributed by atoms with E-state index < -0.39 is 10.0 Å². The topological polar surface area (TPSA) is 85.3 Å². The zero-order valence-corrected chi connectivity index (χ0v) is 23.4. The number of halogens is 1. The smallest absolute Gasteiger partial charge is 0.294 e. The van der Waals surface area contributed by atoms with Crippen molar-refractivity contribution >= 4 is 61.9 Å². The number of rotatable bonds is 13. The average Bonchev–Trinajstić information content (AvgIpc) is 3.41. The van der Waals surface area contributed by atoms with Gasteiger partial charge in [-0.15, -0.1) is 22.3 Å².